The van der Waals surface area contributed by atoms with Crippen LogP contribution >= 0.6 is 0 Å². The third kappa shape index (κ3) is 4.07. The van der Waals surface area contributed by atoms with Gasteiger partial charge in [-0.15, -0.1) is 0 Å². The van der Waals surface area contributed by atoms with Gasteiger partial charge < -0.3 is 11.1 Å². The van der Waals surface area contributed by atoms with Gasteiger partial charge in [0.1, 0.15) is 5.25 Å². The van der Waals surface area contributed by atoms with Crippen molar-refractivity contribution >= 4 is 22.4 Å². The molecule has 20 heavy (non-hydrogen) atoms. The molecular formula is C15H24N2O2S. The zero-order valence-corrected chi connectivity index (χ0v) is 13.6. The van der Waals surface area contributed by atoms with Crippen LogP contribution in [-0.4, -0.2) is 20.9 Å². The van der Waals surface area contributed by atoms with Gasteiger partial charge in [0.05, 0.1) is 15.7 Å². The molecule has 2 unspecified atom stereocenters. The first-order chi connectivity index (χ1) is 9.18. The number of nitrogens with two attached hydrogens (primary N) is 1. The second-order valence-corrected chi connectivity index (χ2v) is 7.45. The molecule has 0 aliphatic rings. The third-order valence-electron chi connectivity index (χ3n) is 3.42. The standard InChI is InChI=1S/C15H24N2O2S/c1-6-15(4,5)17-14(18)11(3)20(19)13-8-7-10(2)9-12(13)16/h7-9,11H,6,16H2,1-5H3,(H,17,18). The molecule has 5 heteroatoms. The molecule has 0 heterocycles. The Morgan fingerprint density at radius 3 is 2.55 bits per heavy atom. The van der Waals surface area contributed by atoms with E-state index in [1.165, 1.54) is 0 Å². The predicted molar refractivity (Wildman–Crippen MR) is 84.0 cm³/mol. The minimum Gasteiger partial charge on any atom is -0.398 e. The molecule has 1 aromatic rings. The highest BCUT2D eigenvalue weighted by molar-refractivity contribution is 7.86. The zero-order chi connectivity index (χ0) is 15.5. The number of aryl methyl sites for hydroxylation is 1. The van der Waals surface area contributed by atoms with E-state index in [1.54, 1.807) is 19.1 Å². The maximum Gasteiger partial charge on any atom is 0.236 e. The van der Waals surface area contributed by atoms with Crippen molar-refractivity contribution < 1.29 is 9.00 Å². The highest BCUT2D eigenvalue weighted by atomic mass is 32.2. The Kier molecular flexibility index (Phi) is 5.34. The van der Waals surface area contributed by atoms with E-state index in [0.29, 0.717) is 10.6 Å². The van der Waals surface area contributed by atoms with E-state index >= 15 is 0 Å². The summed E-state index contributed by atoms with van der Waals surface area (Å²) in [5.41, 5.74) is 7.07. The first-order valence-corrected chi connectivity index (χ1v) is 7.98. The molecule has 1 amide bonds. The van der Waals surface area contributed by atoms with Crippen molar-refractivity contribution in [3.8, 4) is 0 Å². The van der Waals surface area contributed by atoms with Crippen LogP contribution in [0.15, 0.2) is 23.1 Å². The van der Waals surface area contributed by atoms with E-state index < -0.39 is 16.0 Å². The van der Waals surface area contributed by atoms with Crippen LogP contribution in [0.2, 0.25) is 0 Å². The average Bonchev–Trinajstić information content (AvgIpc) is 2.36. The number of anilines is 1. The normalized spacial score (nSPS) is 14.7. The number of rotatable bonds is 5. The lowest BCUT2D eigenvalue weighted by Gasteiger charge is -2.26. The molecule has 0 aromatic heterocycles. The largest absolute Gasteiger partial charge is 0.398 e. The Morgan fingerprint density at radius 2 is 2.05 bits per heavy atom. The summed E-state index contributed by atoms with van der Waals surface area (Å²) in [6.07, 6.45) is 0.810. The average molecular weight is 296 g/mol. The van der Waals surface area contributed by atoms with Gasteiger partial charge in [-0.3, -0.25) is 9.00 Å². The molecule has 1 rings (SSSR count). The van der Waals surface area contributed by atoms with Gasteiger partial charge in [0.25, 0.3) is 0 Å². The van der Waals surface area contributed by atoms with Gasteiger partial charge in [-0.2, -0.15) is 0 Å². The molecule has 0 spiro atoms. The van der Waals surface area contributed by atoms with E-state index in [9.17, 15) is 9.00 Å². The molecule has 0 radical (unpaired) electrons. The molecular weight excluding hydrogens is 272 g/mol. The highest BCUT2D eigenvalue weighted by Gasteiger charge is 2.27. The van der Waals surface area contributed by atoms with Crippen molar-refractivity contribution in [1.82, 2.24) is 5.32 Å². The second-order valence-electron chi connectivity index (χ2n) is 5.71. The van der Waals surface area contributed by atoms with Crippen molar-refractivity contribution in [3.63, 3.8) is 0 Å². The number of benzene rings is 1. The van der Waals surface area contributed by atoms with Gasteiger partial charge in [-0.25, -0.2) is 0 Å². The van der Waals surface area contributed by atoms with Gasteiger partial charge in [-0.05, 0) is 51.8 Å². The monoisotopic (exact) mass is 296 g/mol. The molecule has 0 saturated carbocycles. The van der Waals surface area contributed by atoms with Gasteiger partial charge in [-0.1, -0.05) is 13.0 Å². The van der Waals surface area contributed by atoms with E-state index in [2.05, 4.69) is 5.32 Å². The maximum atomic E-state index is 12.5. The predicted octanol–water partition coefficient (Wildman–Crippen LogP) is 2.38. The first kappa shape index (κ1) is 16.7. The Balaban J connectivity index is 2.89. The van der Waals surface area contributed by atoms with Crippen molar-refractivity contribution in [2.45, 2.75) is 56.7 Å². The lowest BCUT2D eigenvalue weighted by molar-refractivity contribution is -0.121. The number of hydrogen-bond donors (Lipinski definition) is 2. The van der Waals surface area contributed by atoms with Crippen LogP contribution in [0, 0.1) is 6.92 Å². The highest BCUT2D eigenvalue weighted by Crippen LogP contribution is 2.21. The fourth-order valence-electron chi connectivity index (χ4n) is 1.66. The maximum absolute atomic E-state index is 12.5. The van der Waals surface area contributed by atoms with Crippen molar-refractivity contribution in [3.05, 3.63) is 23.8 Å². The second kappa shape index (κ2) is 6.39. The Bertz CT molecular complexity index is 527. The summed E-state index contributed by atoms with van der Waals surface area (Å²) in [6, 6.07) is 5.35. The molecule has 0 aliphatic carbocycles. The molecule has 0 saturated heterocycles. The molecule has 2 atom stereocenters. The Labute approximate surface area is 123 Å². The van der Waals surface area contributed by atoms with Crippen molar-refractivity contribution in [1.29, 1.82) is 0 Å². The van der Waals surface area contributed by atoms with Crippen LogP contribution in [0.5, 0.6) is 0 Å². The fraction of sp³-hybridized carbons (Fsp3) is 0.533. The minimum atomic E-state index is -1.45. The van der Waals surface area contributed by atoms with Crippen LogP contribution in [0.25, 0.3) is 0 Å². The molecule has 112 valence electrons. The smallest absolute Gasteiger partial charge is 0.236 e. The number of carbonyl (C=O) groups excluding carboxylic acids is 1. The van der Waals surface area contributed by atoms with Gasteiger partial charge >= 0.3 is 0 Å². The van der Waals surface area contributed by atoms with Gasteiger partial charge in [0.15, 0.2) is 0 Å². The van der Waals surface area contributed by atoms with Gasteiger partial charge in [0.2, 0.25) is 5.91 Å². The number of amides is 1. The molecule has 0 bridgehead atoms. The third-order valence-corrected chi connectivity index (χ3v) is 5.08. The summed E-state index contributed by atoms with van der Waals surface area (Å²) in [6.45, 7) is 9.47. The van der Waals surface area contributed by atoms with E-state index in [0.717, 1.165) is 12.0 Å². The van der Waals surface area contributed by atoms with Crippen LogP contribution in [-0.2, 0) is 15.6 Å². The zero-order valence-electron chi connectivity index (χ0n) is 12.8. The Hall–Kier alpha value is -1.36. The van der Waals surface area contributed by atoms with E-state index in [1.807, 2.05) is 33.8 Å². The quantitative estimate of drug-likeness (QED) is 0.819. The first-order valence-electron chi connectivity index (χ1n) is 6.76. The lowest BCUT2D eigenvalue weighted by atomic mass is 10.0. The molecule has 4 nitrogen and oxygen atoms in total. The van der Waals surface area contributed by atoms with Gasteiger partial charge in [0, 0.05) is 11.2 Å². The van der Waals surface area contributed by atoms with Crippen LogP contribution in [0.3, 0.4) is 0 Å². The van der Waals surface area contributed by atoms with Crippen LogP contribution < -0.4 is 11.1 Å². The summed E-state index contributed by atoms with van der Waals surface area (Å²) < 4.78 is 12.5. The fourth-order valence-corrected chi connectivity index (χ4v) is 2.79. The van der Waals surface area contributed by atoms with E-state index in [4.69, 9.17) is 5.73 Å². The molecule has 3 N–H and O–H groups in total. The Morgan fingerprint density at radius 1 is 1.45 bits per heavy atom. The van der Waals surface area contributed by atoms with Crippen molar-refractivity contribution in [2.24, 2.45) is 0 Å². The lowest BCUT2D eigenvalue weighted by Crippen LogP contribution is -2.47. The van der Waals surface area contributed by atoms with E-state index in [-0.39, 0.29) is 11.4 Å². The number of nitrogens with one attached hydrogen (secondary N) is 1. The van der Waals surface area contributed by atoms with Crippen molar-refractivity contribution in [2.75, 3.05) is 5.73 Å². The molecule has 1 aromatic carbocycles. The van der Waals surface area contributed by atoms with Crippen LogP contribution in [0.1, 0.15) is 39.7 Å². The summed E-state index contributed by atoms with van der Waals surface area (Å²) in [5, 5.41) is 2.28. The minimum absolute atomic E-state index is 0.213. The number of carbonyl (C=O) groups is 1. The summed E-state index contributed by atoms with van der Waals surface area (Å²) in [4.78, 5) is 12.7. The molecule has 0 aliphatic heterocycles. The SMILES string of the molecule is CCC(C)(C)NC(=O)C(C)S(=O)c1ccc(C)cc1N. The number of nitrogen functional groups attached to an aromatic ring is 1. The summed E-state index contributed by atoms with van der Waals surface area (Å²) >= 11 is 0. The topological polar surface area (TPSA) is 72.2 Å². The summed E-state index contributed by atoms with van der Waals surface area (Å²) in [5.74, 6) is -0.213. The number of hydrogen-bond acceptors (Lipinski definition) is 3. The molecule has 0 fully saturated rings. The van der Waals surface area contributed by atoms with Crippen LogP contribution in [0.4, 0.5) is 5.69 Å². The summed E-state index contributed by atoms with van der Waals surface area (Å²) in [7, 11) is -1.45.